The molecule has 3 saturated carbocycles. The number of halogens is 10. The molecule has 758 valence electrons. The maximum atomic E-state index is 15.1. The Bertz CT molecular complexity index is 5780. The van der Waals surface area contributed by atoms with Crippen molar-refractivity contribution < 1.29 is 106 Å². The van der Waals surface area contributed by atoms with E-state index < -0.39 is 71.5 Å². The largest absolute Gasteiger partial charge is 0.523 e. The van der Waals surface area contributed by atoms with Gasteiger partial charge in [0.2, 0.25) is 0 Å². The van der Waals surface area contributed by atoms with Crippen LogP contribution in [0.25, 0.3) is 32.7 Å². The molecule has 139 heavy (non-hydrogen) atoms. The number of methoxy groups -OCH3 is 1. The van der Waals surface area contributed by atoms with Gasteiger partial charge in [0.25, 0.3) is 5.56 Å². The molecule has 0 unspecified atom stereocenters. The Morgan fingerprint density at radius 2 is 0.878 bits per heavy atom. The Morgan fingerprint density at radius 1 is 0.482 bits per heavy atom. The number of rotatable bonds is 29. The van der Waals surface area contributed by atoms with Gasteiger partial charge >= 0.3 is 21.7 Å². The minimum absolute atomic E-state index is 0.0342. The highest BCUT2D eigenvalue weighted by Crippen LogP contribution is 2.52. The van der Waals surface area contributed by atoms with Crippen LogP contribution in [0.15, 0.2) is 156 Å². The number of aromatic amines is 1. The van der Waals surface area contributed by atoms with E-state index in [1.165, 1.54) is 5.56 Å². The van der Waals surface area contributed by atoms with Crippen molar-refractivity contribution in [3.8, 4) is 23.0 Å². The third-order valence-corrected chi connectivity index (χ3v) is 26.1. The Hall–Kier alpha value is -11.2. The number of piperidine rings is 4. The first kappa shape index (κ1) is 108. The molecule has 3 aromatic heterocycles. The highest BCUT2D eigenvalue weighted by Gasteiger charge is 2.51. The van der Waals surface area contributed by atoms with Gasteiger partial charge in [-0.1, -0.05) is 72.8 Å². The Labute approximate surface area is 804 Å². The second-order valence-corrected chi connectivity index (χ2v) is 37.8. The first-order chi connectivity index (χ1) is 66.5. The number of carbonyl (C=O) groups is 1. The number of aromatic nitrogens is 6. The molecule has 7 aliphatic rings. The van der Waals surface area contributed by atoms with Crippen LogP contribution in [0.3, 0.4) is 0 Å². The Balaban J connectivity index is 0.000000166. The van der Waals surface area contributed by atoms with E-state index in [9.17, 15) is 72.8 Å². The van der Waals surface area contributed by atoms with Crippen molar-refractivity contribution in [3.05, 3.63) is 202 Å². The number of H-pyrrole nitrogens is 1. The zero-order chi connectivity index (χ0) is 100. The number of likely N-dealkylation sites (N-methyl/N-ethyl adjacent to an activating group) is 3. The summed E-state index contributed by atoms with van der Waals surface area (Å²) in [6, 6.07) is 48.3. The highest BCUT2D eigenvalue weighted by atomic mass is 32.2. The summed E-state index contributed by atoms with van der Waals surface area (Å²) in [6.45, 7) is 10.3. The van der Waals surface area contributed by atoms with E-state index >= 15 is 4.39 Å². The van der Waals surface area contributed by atoms with Crippen molar-refractivity contribution >= 4 is 77.6 Å². The lowest BCUT2D eigenvalue weighted by Gasteiger charge is -2.34. The predicted molar refractivity (Wildman–Crippen MR) is 518 cm³/mol. The fourth-order valence-electron chi connectivity index (χ4n) is 16.8. The van der Waals surface area contributed by atoms with Gasteiger partial charge in [-0.15, -0.1) is 0 Å². The normalized spacial score (nSPS) is 16.8. The number of amides is 1. The molecular formula is C101H129F10N13O14S. The average molecular weight is 1970 g/mol. The molecule has 4 saturated heterocycles. The monoisotopic (exact) mass is 1970 g/mol. The van der Waals surface area contributed by atoms with Crippen molar-refractivity contribution in [1.29, 1.82) is 0 Å². The van der Waals surface area contributed by atoms with Crippen LogP contribution in [0, 0.1) is 0 Å². The number of anilines is 5. The average Bonchev–Trinajstić information content (AvgIpc) is 1.84. The summed E-state index contributed by atoms with van der Waals surface area (Å²) in [6.07, 6.45) is 10.2. The van der Waals surface area contributed by atoms with Gasteiger partial charge in [-0.3, -0.25) is 8.98 Å². The van der Waals surface area contributed by atoms with Crippen molar-refractivity contribution in [2.24, 2.45) is 0 Å². The van der Waals surface area contributed by atoms with Gasteiger partial charge in [-0.05, 0) is 249 Å². The predicted octanol–water partition coefficient (Wildman–Crippen LogP) is 17.6. The van der Waals surface area contributed by atoms with Crippen LogP contribution in [0.2, 0.25) is 0 Å². The van der Waals surface area contributed by atoms with E-state index in [-0.39, 0.29) is 62.3 Å². The molecular weight excluding hydrogens is 1840 g/mol. The number of aliphatic hydroxyl groups is 3. The van der Waals surface area contributed by atoms with E-state index in [2.05, 4.69) is 51.4 Å². The van der Waals surface area contributed by atoms with Crippen LogP contribution in [0.5, 0.6) is 23.0 Å². The molecule has 7 fully saturated rings. The molecule has 1 amide bonds. The van der Waals surface area contributed by atoms with Gasteiger partial charge in [0.1, 0.15) is 79.4 Å². The molecule has 7 N–H and O–H groups in total. The van der Waals surface area contributed by atoms with Gasteiger partial charge < -0.3 is 84.2 Å². The van der Waals surface area contributed by atoms with Crippen LogP contribution < -0.4 is 44.8 Å². The van der Waals surface area contributed by atoms with Crippen molar-refractivity contribution in [3.63, 3.8) is 0 Å². The van der Waals surface area contributed by atoms with Gasteiger partial charge in [0, 0.05) is 108 Å². The highest BCUT2D eigenvalue weighted by molar-refractivity contribution is 7.87. The van der Waals surface area contributed by atoms with Gasteiger partial charge in [-0.25, -0.2) is 60.4 Å². The number of aliphatic hydroxyl groups excluding tert-OH is 3. The summed E-state index contributed by atoms with van der Waals surface area (Å²) in [5.41, 5.74) is -1.34. The Kier molecular flexibility index (Phi) is 39.2. The lowest BCUT2D eigenvalue weighted by Crippen LogP contribution is -2.41. The van der Waals surface area contributed by atoms with E-state index in [0.717, 1.165) is 182 Å². The number of para-hydroxylation sites is 4. The maximum absolute atomic E-state index is 15.1. The molecule has 27 nitrogen and oxygen atoms in total. The number of hydrogen-bond acceptors (Lipinski definition) is 25. The van der Waals surface area contributed by atoms with Gasteiger partial charge in [0.15, 0.2) is 28.7 Å². The number of aromatic hydroxyl groups is 2. The number of alkyl halides is 10. The number of ether oxygens (including phenoxy) is 4. The van der Waals surface area contributed by atoms with Gasteiger partial charge in [-0.2, -0.15) is 21.6 Å². The summed E-state index contributed by atoms with van der Waals surface area (Å²) >= 11 is 0. The zero-order valence-electron chi connectivity index (χ0n) is 79.7. The third kappa shape index (κ3) is 30.0. The van der Waals surface area contributed by atoms with Crippen molar-refractivity contribution in [1.82, 2.24) is 40.1 Å². The number of nitrogens with zero attached hydrogens (tertiary/aromatic N) is 11. The molecule has 0 radical (unpaired) electrons. The summed E-state index contributed by atoms with van der Waals surface area (Å²) < 4.78 is 170. The number of hydrogen-bond donors (Lipinski definition) is 7. The zero-order valence-corrected chi connectivity index (χ0v) is 80.5. The van der Waals surface area contributed by atoms with Crippen LogP contribution in [0.1, 0.15) is 174 Å². The first-order valence-corrected chi connectivity index (χ1v) is 48.5. The van der Waals surface area contributed by atoms with E-state index in [1.807, 2.05) is 172 Å². The maximum Gasteiger partial charge on any atom is 0.523 e. The first-order valence-electron chi connectivity index (χ1n) is 47.1. The van der Waals surface area contributed by atoms with E-state index in [0.29, 0.717) is 111 Å². The SMILES string of the molecule is CN(CCO)c1ccc2nc(C3(F)CC3)[nH]c(=O)c2c1.CN(CCO)c1ccc2nc(C3(F)CC3)nc(N3CCC(c4ccccc4O)CC3)c2c1.CN(CCOCCF)c1ccc2nc(C3(F)CC3)nc(N3CCC(c4ccccc4OCCF)CC3)c2c1.COc1ccccc1C1CCN(C(=O)OC(C)(C)C)CC1.O=S(=O)(OCCF)C(F)(F)F.OCCF.Oc1ccccc1C1CCNCC1. The number of benzene rings is 7. The van der Waals surface area contributed by atoms with Crippen LogP contribution in [-0.4, -0.2) is 259 Å². The molecule has 0 bridgehead atoms. The van der Waals surface area contributed by atoms with E-state index in [4.69, 9.17) is 39.1 Å². The quantitative estimate of drug-likeness (QED) is 0.00991. The molecule has 10 aromatic rings. The Morgan fingerprint density at radius 3 is 1.29 bits per heavy atom. The lowest BCUT2D eigenvalue weighted by molar-refractivity contribution is -0.0544. The number of fused-ring (bicyclic) bond motifs is 3. The minimum Gasteiger partial charge on any atom is -0.508 e. The molecule has 4 aliphatic heterocycles. The lowest BCUT2D eigenvalue weighted by atomic mass is 9.88. The standard InChI is InChI=1S/C29H35F3N4O2.C25H29FN4O2.C17H25NO3.C14H16FN3O2.C11H15NO.C3H4F4O3S.C2H5FO/c1-35(16-19-37-17-12-30)22-6-7-25-24(20-22)27(34-28(33-25)29(32)10-11-29)36-14-8-21(9-15-36)23-4-2-3-5-26(23)38-18-13-31;1-29(14-15-31)18-6-7-21-20(16-18)23(28-24(27-21)25(26)10-11-25)30-12-8-17(9-13-30)19-4-2-3-5-22(19)32;1-17(2,3)21-16(19)18-11-9-13(10-12-18)14-7-5-6-8-15(14)20-4;1-18(6-7-19)9-2-3-11-10(8-9)12(20)17-13(16-11)14(15)4-5-14;13-11-4-2-1-3-10(11)9-5-7-12-8-6-9;4-1-2-10-11(8,9)3(5,6)7;3-1-2-4/h2-7,20-21H,8-19H2,1H3;2-7,16-17,31-32H,8-15H2,1H3;5-8,13H,9-12H2,1-4H3;2-3,8,19H,4-7H2,1H3,(H,16,17,20);1-4,9,12-13H,5-8H2;1-2H2;4H,1-2H2. The van der Waals surface area contributed by atoms with Crippen LogP contribution in [0.4, 0.5) is 77.4 Å². The topological polar surface area (TPSA) is 327 Å². The molecule has 0 spiro atoms. The van der Waals surface area contributed by atoms with Crippen molar-refractivity contribution in [2.75, 3.05) is 198 Å². The van der Waals surface area contributed by atoms with Crippen LogP contribution in [-0.2, 0) is 40.8 Å². The fourth-order valence-corrected chi connectivity index (χ4v) is 17.2. The summed E-state index contributed by atoms with van der Waals surface area (Å²) in [4.78, 5) is 61.7. The molecule has 3 aliphatic carbocycles. The van der Waals surface area contributed by atoms with Crippen LogP contribution >= 0.6 is 0 Å². The second-order valence-electron chi connectivity index (χ2n) is 36.2. The van der Waals surface area contributed by atoms with Gasteiger partial charge in [0.05, 0.1) is 68.7 Å². The molecule has 17 rings (SSSR count). The molecule has 38 heteroatoms. The molecule has 0 atom stereocenters. The number of likely N-dealkylation sites (tertiary alicyclic amines) is 1. The van der Waals surface area contributed by atoms with Crippen molar-refractivity contribution in [2.45, 2.75) is 162 Å². The van der Waals surface area contributed by atoms with E-state index in [1.54, 1.807) is 36.3 Å². The third-order valence-electron chi connectivity index (χ3n) is 25.1. The fraction of sp³-hybridized carbons (Fsp3) is 0.515. The minimum atomic E-state index is -5.60. The number of phenolic OH excluding ortho intramolecular Hbond substituents is 2. The number of carbonyl (C=O) groups excluding carboxylic acids is 1. The number of phenols is 2. The molecule has 7 aromatic carbocycles. The smallest absolute Gasteiger partial charge is 0.508 e. The number of nitrogens with one attached hydrogen (secondary N) is 2. The summed E-state index contributed by atoms with van der Waals surface area (Å²) in [7, 11) is 1.83. The summed E-state index contributed by atoms with van der Waals surface area (Å²) in [5.74, 6) is 6.30. The molecule has 7 heterocycles. The second kappa shape index (κ2) is 50.3. The summed E-state index contributed by atoms with van der Waals surface area (Å²) in [5, 5.41) is 51.2.